The molecule has 0 saturated heterocycles. The number of phenols is 1. The summed E-state index contributed by atoms with van der Waals surface area (Å²) in [5, 5.41) is 9.48. The average Bonchev–Trinajstić information content (AvgIpc) is 2.35. The highest BCUT2D eigenvalue weighted by molar-refractivity contribution is 5.73. The summed E-state index contributed by atoms with van der Waals surface area (Å²) < 4.78 is 4.82. The van der Waals surface area contributed by atoms with E-state index in [-0.39, 0.29) is 17.8 Å². The number of fused-ring (bicyclic) bond motifs is 1. The van der Waals surface area contributed by atoms with Gasteiger partial charge in [-0.15, -0.1) is 0 Å². The number of hydrogen-bond acceptors (Lipinski definition) is 3. The zero-order chi connectivity index (χ0) is 12.4. The summed E-state index contributed by atoms with van der Waals surface area (Å²) in [4.78, 5) is 11.6. The molecule has 3 heteroatoms. The Morgan fingerprint density at radius 2 is 2.29 bits per heavy atom. The summed E-state index contributed by atoms with van der Waals surface area (Å²) in [5.74, 6) is 0.237. The summed E-state index contributed by atoms with van der Waals surface area (Å²) in [7, 11) is 1.43. The average molecular weight is 234 g/mol. The number of rotatable bonds is 2. The Labute approximate surface area is 101 Å². The van der Waals surface area contributed by atoms with Gasteiger partial charge in [-0.3, -0.25) is 4.79 Å². The van der Waals surface area contributed by atoms with Crippen LogP contribution >= 0.6 is 0 Å². The van der Waals surface area contributed by atoms with Crippen LogP contribution in [-0.2, 0) is 16.0 Å². The highest BCUT2D eigenvalue weighted by Gasteiger charge is 2.30. The molecule has 2 rings (SSSR count). The van der Waals surface area contributed by atoms with Gasteiger partial charge in [0.05, 0.1) is 13.0 Å². The number of methoxy groups -OCH3 is 1. The number of phenolic OH excluding ortho intramolecular Hbond substituents is 1. The molecular weight excluding hydrogens is 216 g/mol. The van der Waals surface area contributed by atoms with Gasteiger partial charge in [0.2, 0.25) is 0 Å². The van der Waals surface area contributed by atoms with E-state index in [9.17, 15) is 9.90 Å². The molecule has 0 unspecified atom stereocenters. The van der Waals surface area contributed by atoms with Gasteiger partial charge in [-0.05, 0) is 48.4 Å². The lowest BCUT2D eigenvalue weighted by Crippen LogP contribution is -2.24. The molecule has 17 heavy (non-hydrogen) atoms. The van der Waals surface area contributed by atoms with Gasteiger partial charge in [0.1, 0.15) is 5.75 Å². The Bertz CT molecular complexity index is 425. The van der Waals surface area contributed by atoms with Gasteiger partial charge in [0.15, 0.2) is 0 Å². The van der Waals surface area contributed by atoms with Crippen molar-refractivity contribution in [3.8, 4) is 5.75 Å². The fraction of sp³-hybridized carbons (Fsp3) is 0.500. The van der Waals surface area contributed by atoms with E-state index in [0.717, 1.165) is 24.8 Å². The third kappa shape index (κ3) is 2.28. The number of benzene rings is 1. The molecule has 0 bridgehead atoms. The van der Waals surface area contributed by atoms with Gasteiger partial charge in [-0.2, -0.15) is 0 Å². The van der Waals surface area contributed by atoms with E-state index in [2.05, 4.69) is 0 Å². The van der Waals surface area contributed by atoms with Crippen LogP contribution in [0.5, 0.6) is 5.75 Å². The van der Waals surface area contributed by atoms with Crippen molar-refractivity contribution in [2.75, 3.05) is 7.11 Å². The van der Waals surface area contributed by atoms with Crippen molar-refractivity contribution < 1.29 is 14.6 Å². The number of aryl methyl sites for hydroxylation is 1. The van der Waals surface area contributed by atoms with Crippen LogP contribution in [0.3, 0.4) is 0 Å². The van der Waals surface area contributed by atoms with Crippen LogP contribution in [-0.4, -0.2) is 18.2 Å². The molecule has 3 nitrogen and oxygen atoms in total. The minimum Gasteiger partial charge on any atom is -0.508 e. The smallest absolute Gasteiger partial charge is 0.308 e. The predicted molar refractivity (Wildman–Crippen MR) is 65.0 cm³/mol. The van der Waals surface area contributed by atoms with Crippen molar-refractivity contribution in [3.05, 3.63) is 29.3 Å². The van der Waals surface area contributed by atoms with Crippen LogP contribution < -0.4 is 0 Å². The molecule has 0 saturated carbocycles. The first-order valence-corrected chi connectivity index (χ1v) is 6.03. The number of ether oxygens (including phenoxy) is 1. The van der Waals surface area contributed by atoms with E-state index in [1.54, 1.807) is 6.07 Å². The molecule has 0 spiro atoms. The Morgan fingerprint density at radius 3 is 3.00 bits per heavy atom. The van der Waals surface area contributed by atoms with E-state index < -0.39 is 0 Å². The second-order valence-corrected chi connectivity index (χ2v) is 4.69. The summed E-state index contributed by atoms with van der Waals surface area (Å²) in [6.07, 6.45) is 3.05. The predicted octanol–water partition coefficient (Wildman–Crippen LogP) is 2.62. The highest BCUT2D eigenvalue weighted by Crippen LogP contribution is 2.38. The van der Waals surface area contributed by atoms with Gasteiger partial charge in [-0.1, -0.05) is 13.0 Å². The zero-order valence-corrected chi connectivity index (χ0v) is 10.3. The lowest BCUT2D eigenvalue weighted by Gasteiger charge is -2.29. The maximum absolute atomic E-state index is 11.6. The number of hydrogen-bond donors (Lipinski definition) is 1. The first kappa shape index (κ1) is 12.0. The lowest BCUT2D eigenvalue weighted by atomic mass is 9.76. The fourth-order valence-corrected chi connectivity index (χ4v) is 2.71. The van der Waals surface area contributed by atoms with Crippen molar-refractivity contribution in [1.82, 2.24) is 0 Å². The van der Waals surface area contributed by atoms with Gasteiger partial charge in [0.25, 0.3) is 0 Å². The normalized spacial score (nSPS) is 20.5. The first-order valence-electron chi connectivity index (χ1n) is 6.03. The molecule has 1 aromatic carbocycles. The number of carbonyl (C=O) groups excluding carboxylic acids is 1. The lowest BCUT2D eigenvalue weighted by molar-refractivity contribution is -0.145. The second kappa shape index (κ2) is 4.78. The monoisotopic (exact) mass is 234 g/mol. The summed E-state index contributed by atoms with van der Waals surface area (Å²) in [5.41, 5.74) is 2.35. The molecule has 1 N–H and O–H groups in total. The largest absolute Gasteiger partial charge is 0.508 e. The molecular formula is C14H18O3. The molecule has 0 radical (unpaired) electrons. The third-order valence-electron chi connectivity index (χ3n) is 3.66. The standard InChI is InChI=1S/C14H18O3/c1-9(14(16)17-2)12-5-3-4-10-8-11(15)6-7-13(10)12/h6-9,12,15H,3-5H2,1-2H3/t9-,12-/m1/s1. The van der Waals surface area contributed by atoms with Gasteiger partial charge in [-0.25, -0.2) is 0 Å². The van der Waals surface area contributed by atoms with Gasteiger partial charge >= 0.3 is 5.97 Å². The maximum Gasteiger partial charge on any atom is 0.308 e. The summed E-state index contributed by atoms with van der Waals surface area (Å²) in [6.45, 7) is 1.92. The minimum atomic E-state index is -0.157. The van der Waals surface area contributed by atoms with Crippen molar-refractivity contribution in [3.63, 3.8) is 0 Å². The van der Waals surface area contributed by atoms with Crippen LogP contribution in [0.4, 0.5) is 0 Å². The van der Waals surface area contributed by atoms with Crippen LogP contribution in [0.2, 0.25) is 0 Å². The molecule has 1 aliphatic carbocycles. The Kier molecular flexibility index (Phi) is 3.36. The molecule has 0 aromatic heterocycles. The maximum atomic E-state index is 11.6. The topological polar surface area (TPSA) is 46.5 Å². The number of aromatic hydroxyl groups is 1. The fourth-order valence-electron chi connectivity index (χ4n) is 2.71. The van der Waals surface area contributed by atoms with E-state index in [1.807, 2.05) is 19.1 Å². The van der Waals surface area contributed by atoms with Crippen molar-refractivity contribution in [2.45, 2.75) is 32.1 Å². The van der Waals surface area contributed by atoms with E-state index in [0.29, 0.717) is 5.75 Å². The number of esters is 1. The quantitative estimate of drug-likeness (QED) is 0.800. The highest BCUT2D eigenvalue weighted by atomic mass is 16.5. The van der Waals surface area contributed by atoms with Crippen LogP contribution in [0.1, 0.15) is 36.8 Å². The molecule has 1 aromatic rings. The zero-order valence-electron chi connectivity index (χ0n) is 10.3. The molecule has 0 aliphatic heterocycles. The van der Waals surface area contributed by atoms with Crippen molar-refractivity contribution in [1.29, 1.82) is 0 Å². The van der Waals surface area contributed by atoms with Crippen LogP contribution in [0.15, 0.2) is 18.2 Å². The van der Waals surface area contributed by atoms with Gasteiger partial charge < -0.3 is 9.84 Å². The molecule has 1 aliphatic rings. The molecule has 0 fully saturated rings. The Morgan fingerprint density at radius 1 is 1.53 bits per heavy atom. The molecule has 0 amide bonds. The molecule has 2 atom stereocenters. The Hall–Kier alpha value is -1.51. The summed E-state index contributed by atoms with van der Waals surface area (Å²) >= 11 is 0. The summed E-state index contributed by atoms with van der Waals surface area (Å²) in [6, 6.07) is 5.45. The van der Waals surface area contributed by atoms with Gasteiger partial charge in [0, 0.05) is 0 Å². The van der Waals surface area contributed by atoms with Crippen LogP contribution in [0.25, 0.3) is 0 Å². The van der Waals surface area contributed by atoms with Crippen LogP contribution in [0, 0.1) is 5.92 Å². The first-order chi connectivity index (χ1) is 8.13. The van der Waals surface area contributed by atoms with Crippen molar-refractivity contribution in [2.24, 2.45) is 5.92 Å². The molecule has 92 valence electrons. The Balaban J connectivity index is 2.31. The van der Waals surface area contributed by atoms with Crippen molar-refractivity contribution >= 4 is 5.97 Å². The van der Waals surface area contributed by atoms with E-state index in [4.69, 9.17) is 4.74 Å². The van der Waals surface area contributed by atoms with E-state index >= 15 is 0 Å². The third-order valence-corrected chi connectivity index (χ3v) is 3.66. The second-order valence-electron chi connectivity index (χ2n) is 4.69. The molecule has 0 heterocycles. The SMILES string of the molecule is COC(=O)[C@H](C)[C@H]1CCCc2cc(O)ccc21. The minimum absolute atomic E-state index is 0.122. The van der Waals surface area contributed by atoms with E-state index in [1.165, 1.54) is 12.7 Å². The number of carbonyl (C=O) groups is 1.